The molecule has 0 saturated heterocycles. The van der Waals surface area contributed by atoms with E-state index in [-0.39, 0.29) is 10.7 Å². The highest BCUT2D eigenvalue weighted by atomic mass is 32.1. The molecule has 6 heteroatoms. The number of nitrogens with one attached hydrogen (secondary N) is 1. The number of hydrogen-bond acceptors (Lipinski definition) is 4. The molecule has 104 valence electrons. The summed E-state index contributed by atoms with van der Waals surface area (Å²) in [6.45, 7) is 2.23. The molecule has 0 unspecified atom stereocenters. The molecule has 0 bridgehead atoms. The van der Waals surface area contributed by atoms with E-state index in [1.807, 2.05) is 0 Å². The van der Waals surface area contributed by atoms with Crippen LogP contribution in [0.4, 0.5) is 15.8 Å². The van der Waals surface area contributed by atoms with Crippen LogP contribution in [0.25, 0.3) is 0 Å². The van der Waals surface area contributed by atoms with E-state index in [4.69, 9.17) is 22.7 Å². The molecule has 0 aliphatic rings. The Kier molecular flexibility index (Phi) is 4.47. The quantitative estimate of drug-likeness (QED) is 0.829. The second kappa shape index (κ2) is 6.29. The van der Waals surface area contributed by atoms with E-state index in [1.54, 1.807) is 37.4 Å². The number of nitrogens with zero attached hydrogens (tertiary/aromatic N) is 1. The third-order valence-corrected chi connectivity index (χ3v) is 2.74. The molecule has 1 heterocycles. The molecule has 2 aromatic rings. The van der Waals surface area contributed by atoms with Crippen molar-refractivity contribution < 1.29 is 9.13 Å². The Balaban J connectivity index is 2.19. The summed E-state index contributed by atoms with van der Waals surface area (Å²) in [6.07, 6.45) is 1.59. The smallest absolute Gasteiger partial charge is 0.167 e. The van der Waals surface area contributed by atoms with Gasteiger partial charge >= 0.3 is 0 Å². The molecule has 4 nitrogen and oxygen atoms in total. The van der Waals surface area contributed by atoms with Gasteiger partial charge in [-0.15, -0.1) is 0 Å². The average Bonchev–Trinajstić information content (AvgIpc) is 2.42. The van der Waals surface area contributed by atoms with Gasteiger partial charge in [0.1, 0.15) is 4.99 Å². The van der Waals surface area contributed by atoms with Crippen molar-refractivity contribution in [2.45, 2.75) is 6.92 Å². The van der Waals surface area contributed by atoms with E-state index in [1.165, 1.54) is 6.07 Å². The maximum Gasteiger partial charge on any atom is 0.167 e. The molecule has 2 rings (SSSR count). The normalized spacial score (nSPS) is 10.1. The van der Waals surface area contributed by atoms with E-state index in [0.29, 0.717) is 18.0 Å². The van der Waals surface area contributed by atoms with Crippen molar-refractivity contribution in [2.75, 3.05) is 11.9 Å². The predicted octanol–water partition coefficient (Wildman–Crippen LogP) is 3.00. The maximum atomic E-state index is 13.7. The van der Waals surface area contributed by atoms with E-state index < -0.39 is 5.82 Å². The molecular formula is C14H14FN3OS. The number of benzene rings is 1. The first-order valence-electron chi connectivity index (χ1n) is 6.05. The summed E-state index contributed by atoms with van der Waals surface area (Å²) in [7, 11) is 0. The summed E-state index contributed by atoms with van der Waals surface area (Å²) >= 11 is 4.86. The molecule has 0 spiro atoms. The minimum atomic E-state index is -0.416. The third-order valence-electron chi connectivity index (χ3n) is 2.53. The van der Waals surface area contributed by atoms with Crippen LogP contribution in [-0.2, 0) is 0 Å². The van der Waals surface area contributed by atoms with Crippen molar-refractivity contribution in [1.29, 1.82) is 0 Å². The van der Waals surface area contributed by atoms with Crippen molar-refractivity contribution in [1.82, 2.24) is 4.98 Å². The fraction of sp³-hybridized carbons (Fsp3) is 0.143. The van der Waals surface area contributed by atoms with Crippen LogP contribution in [-0.4, -0.2) is 16.6 Å². The van der Waals surface area contributed by atoms with Gasteiger partial charge < -0.3 is 15.8 Å². The second-order valence-electron chi connectivity index (χ2n) is 4.00. The Bertz CT molecular complexity index is 634. The summed E-state index contributed by atoms with van der Waals surface area (Å²) in [6, 6.07) is 8.13. The first-order valence-corrected chi connectivity index (χ1v) is 6.46. The Morgan fingerprint density at radius 3 is 2.75 bits per heavy atom. The van der Waals surface area contributed by atoms with Gasteiger partial charge in [0.25, 0.3) is 0 Å². The van der Waals surface area contributed by atoms with Gasteiger partial charge in [-0.25, -0.2) is 4.39 Å². The third kappa shape index (κ3) is 3.42. The maximum absolute atomic E-state index is 13.7. The summed E-state index contributed by atoms with van der Waals surface area (Å²) in [4.78, 5) is 4.25. The number of aromatic nitrogens is 1. The lowest BCUT2D eigenvalue weighted by Crippen LogP contribution is -2.11. The number of rotatable bonds is 5. The molecule has 0 atom stereocenters. The Morgan fingerprint density at radius 1 is 1.35 bits per heavy atom. The molecule has 0 aliphatic carbocycles. The summed E-state index contributed by atoms with van der Waals surface area (Å²) in [5.41, 5.74) is 7.36. The monoisotopic (exact) mass is 291 g/mol. The van der Waals surface area contributed by atoms with Crippen molar-refractivity contribution in [3.05, 3.63) is 48.0 Å². The lowest BCUT2D eigenvalue weighted by atomic mass is 10.2. The van der Waals surface area contributed by atoms with Crippen molar-refractivity contribution in [2.24, 2.45) is 5.73 Å². The number of anilines is 2. The van der Waals surface area contributed by atoms with Crippen molar-refractivity contribution in [3.8, 4) is 5.75 Å². The molecule has 0 radical (unpaired) electrons. The first-order chi connectivity index (χ1) is 9.60. The zero-order valence-corrected chi connectivity index (χ0v) is 11.7. The molecule has 3 N–H and O–H groups in total. The number of pyridine rings is 1. The minimum Gasteiger partial charge on any atom is -0.491 e. The fourth-order valence-electron chi connectivity index (χ4n) is 1.66. The summed E-state index contributed by atoms with van der Waals surface area (Å²) in [5.74, 6) is -0.183. The van der Waals surface area contributed by atoms with Crippen LogP contribution in [0.15, 0.2) is 36.5 Å². The van der Waals surface area contributed by atoms with Gasteiger partial charge in [0.15, 0.2) is 11.6 Å². The van der Waals surface area contributed by atoms with E-state index in [0.717, 1.165) is 5.69 Å². The number of ether oxygens (including phenoxy) is 1. The molecule has 0 aliphatic heterocycles. The van der Waals surface area contributed by atoms with Crippen LogP contribution in [0.1, 0.15) is 12.6 Å². The Hall–Kier alpha value is -2.21. The average molecular weight is 291 g/mol. The fourth-order valence-corrected chi connectivity index (χ4v) is 1.77. The first kappa shape index (κ1) is 14.2. The van der Waals surface area contributed by atoms with E-state index in [2.05, 4.69) is 10.3 Å². The predicted molar refractivity (Wildman–Crippen MR) is 81.0 cm³/mol. The van der Waals surface area contributed by atoms with Gasteiger partial charge in [-0.2, -0.15) is 0 Å². The zero-order valence-electron chi connectivity index (χ0n) is 10.9. The van der Waals surface area contributed by atoms with Crippen LogP contribution < -0.4 is 15.8 Å². The molecular weight excluding hydrogens is 277 g/mol. The largest absolute Gasteiger partial charge is 0.491 e. The lowest BCUT2D eigenvalue weighted by Gasteiger charge is -2.10. The Morgan fingerprint density at radius 2 is 2.10 bits per heavy atom. The van der Waals surface area contributed by atoms with Crippen molar-refractivity contribution in [3.63, 3.8) is 0 Å². The van der Waals surface area contributed by atoms with Gasteiger partial charge in [-0.1, -0.05) is 12.2 Å². The molecule has 1 aromatic carbocycles. The highest BCUT2D eigenvalue weighted by Crippen LogP contribution is 2.23. The molecule has 20 heavy (non-hydrogen) atoms. The number of halogens is 1. The van der Waals surface area contributed by atoms with Gasteiger partial charge in [0, 0.05) is 23.6 Å². The highest BCUT2D eigenvalue weighted by molar-refractivity contribution is 7.80. The van der Waals surface area contributed by atoms with Gasteiger partial charge in [-0.3, -0.25) is 4.98 Å². The summed E-state index contributed by atoms with van der Waals surface area (Å²) < 4.78 is 18.9. The second-order valence-corrected chi connectivity index (χ2v) is 4.44. The molecule has 0 amide bonds. The molecule has 1 aromatic heterocycles. The molecule has 0 saturated carbocycles. The minimum absolute atomic E-state index is 0.214. The van der Waals surface area contributed by atoms with Gasteiger partial charge in [0.05, 0.1) is 12.3 Å². The van der Waals surface area contributed by atoms with Crippen molar-refractivity contribution >= 4 is 28.6 Å². The van der Waals surface area contributed by atoms with Gasteiger partial charge in [-0.05, 0) is 31.2 Å². The summed E-state index contributed by atoms with van der Waals surface area (Å²) in [5, 5.41) is 3.06. The van der Waals surface area contributed by atoms with Crippen LogP contribution in [0.5, 0.6) is 5.75 Å². The zero-order chi connectivity index (χ0) is 14.5. The van der Waals surface area contributed by atoms with Crippen LogP contribution in [0.2, 0.25) is 0 Å². The van der Waals surface area contributed by atoms with Crippen LogP contribution >= 0.6 is 12.2 Å². The van der Waals surface area contributed by atoms with E-state index >= 15 is 0 Å². The number of nitrogens with two attached hydrogens (primary N) is 1. The topological polar surface area (TPSA) is 60.2 Å². The Labute approximate surface area is 121 Å². The highest BCUT2D eigenvalue weighted by Gasteiger charge is 2.05. The van der Waals surface area contributed by atoms with E-state index in [9.17, 15) is 4.39 Å². The lowest BCUT2D eigenvalue weighted by molar-refractivity contribution is 0.321. The SMILES string of the molecule is CCOc1ccc(Nc2ccnc(C(N)=S)c2)cc1F. The van der Waals surface area contributed by atoms with Crippen LogP contribution in [0.3, 0.4) is 0 Å². The number of thiocarbonyl (C=S) groups is 1. The standard InChI is InChI=1S/C14H14FN3OS/c1-2-19-13-4-3-9(7-11(13)15)18-10-5-6-17-12(8-10)14(16)20/h3-8H,2H2,1H3,(H2,16,20)(H,17,18). The molecule has 0 fully saturated rings. The van der Waals surface area contributed by atoms with Crippen LogP contribution in [0, 0.1) is 5.82 Å². The van der Waals surface area contributed by atoms with Gasteiger partial charge in [0.2, 0.25) is 0 Å². The number of hydrogen-bond donors (Lipinski definition) is 2.